The molecule has 0 aliphatic heterocycles. The number of aromatic nitrogens is 1. The number of aliphatic hydroxyl groups excluding tert-OH is 1. The van der Waals surface area contributed by atoms with Gasteiger partial charge in [-0.1, -0.05) is 18.2 Å². The third-order valence-corrected chi connectivity index (χ3v) is 3.16. The van der Waals surface area contributed by atoms with E-state index in [0.717, 1.165) is 35.2 Å². The van der Waals surface area contributed by atoms with E-state index in [1.54, 1.807) is 7.11 Å². The van der Waals surface area contributed by atoms with E-state index in [1.807, 2.05) is 30.3 Å². The maximum absolute atomic E-state index is 9.46. The van der Waals surface area contributed by atoms with Crippen LogP contribution in [0.5, 0.6) is 0 Å². The summed E-state index contributed by atoms with van der Waals surface area (Å²) in [5.41, 5.74) is 1.74. The lowest BCUT2D eigenvalue weighted by molar-refractivity contribution is 0.0705. The Morgan fingerprint density at radius 2 is 2.05 bits per heavy atom. The van der Waals surface area contributed by atoms with Gasteiger partial charge in [0.05, 0.1) is 25.3 Å². The number of rotatable bonds is 9. The number of hydrogen-bond donors (Lipinski definition) is 2. The summed E-state index contributed by atoms with van der Waals surface area (Å²) in [5.74, 6) is 0.744. The molecule has 0 saturated heterocycles. The first-order valence-electron chi connectivity index (χ1n) is 7.15. The van der Waals surface area contributed by atoms with Gasteiger partial charge in [0.2, 0.25) is 0 Å². The van der Waals surface area contributed by atoms with Crippen LogP contribution in [0.2, 0.25) is 0 Å². The van der Waals surface area contributed by atoms with E-state index in [2.05, 4.69) is 10.3 Å². The number of methoxy groups -OCH3 is 1. The Balaban J connectivity index is 1.88. The Morgan fingerprint density at radius 1 is 1.19 bits per heavy atom. The van der Waals surface area contributed by atoms with E-state index in [9.17, 15) is 5.11 Å². The van der Waals surface area contributed by atoms with Crippen LogP contribution < -0.4 is 5.32 Å². The molecule has 0 saturated carbocycles. The average Bonchev–Trinajstić information content (AvgIpc) is 2.53. The second-order valence-electron chi connectivity index (χ2n) is 4.73. The zero-order chi connectivity index (χ0) is 14.9. The summed E-state index contributed by atoms with van der Waals surface area (Å²) in [7, 11) is 1.66. The van der Waals surface area contributed by atoms with Crippen molar-refractivity contribution >= 4 is 16.7 Å². The van der Waals surface area contributed by atoms with Crippen LogP contribution in [0, 0.1) is 0 Å². The topological polar surface area (TPSA) is 63.6 Å². The maximum Gasteiger partial charge on any atom is 0.132 e. The number of fused-ring (bicyclic) bond motifs is 1. The van der Waals surface area contributed by atoms with Gasteiger partial charge >= 0.3 is 0 Å². The number of ether oxygens (including phenoxy) is 2. The Bertz CT molecular complexity index is 560. The predicted octanol–water partition coefficient (Wildman–Crippen LogP) is 2.19. The molecule has 114 valence electrons. The molecular formula is C16H22N2O3. The molecule has 0 spiro atoms. The van der Waals surface area contributed by atoms with Crippen molar-refractivity contribution in [1.82, 2.24) is 4.98 Å². The largest absolute Gasteiger partial charge is 0.392 e. The molecule has 5 nitrogen and oxygen atoms in total. The monoisotopic (exact) mass is 290 g/mol. The summed E-state index contributed by atoms with van der Waals surface area (Å²) in [6.07, 6.45) is 0.878. The molecule has 0 fully saturated rings. The quantitative estimate of drug-likeness (QED) is 0.693. The fourth-order valence-electron chi connectivity index (χ4n) is 2.06. The van der Waals surface area contributed by atoms with Gasteiger partial charge < -0.3 is 19.9 Å². The Hall–Kier alpha value is -1.69. The molecule has 0 radical (unpaired) electrons. The molecule has 1 heterocycles. The lowest BCUT2D eigenvalue weighted by Gasteiger charge is -2.11. The van der Waals surface area contributed by atoms with Crippen molar-refractivity contribution in [2.24, 2.45) is 0 Å². The predicted molar refractivity (Wildman–Crippen MR) is 83.5 cm³/mol. The number of anilines is 1. The molecule has 21 heavy (non-hydrogen) atoms. The van der Waals surface area contributed by atoms with Crippen LogP contribution in [0.4, 0.5) is 5.82 Å². The third-order valence-electron chi connectivity index (χ3n) is 3.16. The first kappa shape index (κ1) is 15.7. The minimum Gasteiger partial charge on any atom is -0.392 e. The molecule has 2 aromatic rings. The van der Waals surface area contributed by atoms with Gasteiger partial charge in [-0.15, -0.1) is 0 Å². The maximum atomic E-state index is 9.46. The number of nitrogens with zero attached hydrogens (tertiary/aromatic N) is 1. The van der Waals surface area contributed by atoms with Crippen molar-refractivity contribution in [1.29, 1.82) is 0 Å². The highest BCUT2D eigenvalue weighted by Crippen LogP contribution is 2.20. The number of hydrogen-bond acceptors (Lipinski definition) is 5. The van der Waals surface area contributed by atoms with E-state index in [1.165, 1.54) is 0 Å². The van der Waals surface area contributed by atoms with Crippen LogP contribution in [0.15, 0.2) is 30.3 Å². The molecule has 0 aliphatic carbocycles. The summed E-state index contributed by atoms with van der Waals surface area (Å²) in [4.78, 5) is 4.56. The molecule has 0 bridgehead atoms. The Labute approximate surface area is 124 Å². The highest BCUT2D eigenvalue weighted by Gasteiger charge is 2.05. The standard InChI is InChI=1S/C16H22N2O3/c1-20-9-10-21-8-4-7-17-16-14(12-19)11-13-5-2-3-6-15(13)18-16/h2-3,5-6,11,19H,4,7-10,12H2,1H3,(H,17,18). The van der Waals surface area contributed by atoms with E-state index >= 15 is 0 Å². The molecule has 0 atom stereocenters. The van der Waals surface area contributed by atoms with Crippen molar-refractivity contribution < 1.29 is 14.6 Å². The van der Waals surface area contributed by atoms with E-state index in [-0.39, 0.29) is 6.61 Å². The highest BCUT2D eigenvalue weighted by atomic mass is 16.5. The summed E-state index contributed by atoms with van der Waals surface area (Å²) in [6, 6.07) is 9.86. The molecule has 2 rings (SSSR count). The molecule has 0 unspecified atom stereocenters. The second kappa shape index (κ2) is 8.56. The van der Waals surface area contributed by atoms with Gasteiger partial charge in [0.15, 0.2) is 0 Å². The van der Waals surface area contributed by atoms with E-state index in [0.29, 0.717) is 19.8 Å². The van der Waals surface area contributed by atoms with Gasteiger partial charge in [-0.3, -0.25) is 0 Å². The molecule has 5 heteroatoms. The van der Waals surface area contributed by atoms with Crippen molar-refractivity contribution in [2.75, 3.05) is 38.8 Å². The minimum atomic E-state index is -0.0233. The molecular weight excluding hydrogens is 268 g/mol. The number of pyridine rings is 1. The lowest BCUT2D eigenvalue weighted by atomic mass is 10.1. The molecule has 1 aromatic heterocycles. The number of aliphatic hydroxyl groups is 1. The van der Waals surface area contributed by atoms with Crippen LogP contribution in [0.3, 0.4) is 0 Å². The Kier molecular flexibility index (Phi) is 6.40. The van der Waals surface area contributed by atoms with Crippen molar-refractivity contribution in [3.63, 3.8) is 0 Å². The molecule has 1 aromatic carbocycles. The smallest absolute Gasteiger partial charge is 0.132 e. The fraction of sp³-hybridized carbons (Fsp3) is 0.438. The zero-order valence-corrected chi connectivity index (χ0v) is 12.3. The van der Waals surface area contributed by atoms with Crippen LogP contribution >= 0.6 is 0 Å². The molecule has 0 amide bonds. The van der Waals surface area contributed by atoms with Gasteiger partial charge in [-0.2, -0.15) is 0 Å². The summed E-state index contributed by atoms with van der Waals surface area (Å²) in [5, 5.41) is 13.8. The van der Waals surface area contributed by atoms with Crippen molar-refractivity contribution in [2.45, 2.75) is 13.0 Å². The van der Waals surface area contributed by atoms with Crippen molar-refractivity contribution in [3.05, 3.63) is 35.9 Å². The first-order valence-corrected chi connectivity index (χ1v) is 7.15. The SMILES string of the molecule is COCCOCCCNc1nc2ccccc2cc1CO. The second-order valence-corrected chi connectivity index (χ2v) is 4.73. The Morgan fingerprint density at radius 3 is 2.86 bits per heavy atom. The summed E-state index contributed by atoms with van der Waals surface area (Å²) in [6.45, 7) is 2.65. The van der Waals surface area contributed by atoms with Crippen LogP contribution in [0.1, 0.15) is 12.0 Å². The fourth-order valence-corrected chi connectivity index (χ4v) is 2.06. The van der Waals surface area contributed by atoms with Crippen molar-refractivity contribution in [3.8, 4) is 0 Å². The number of para-hydroxylation sites is 1. The third kappa shape index (κ3) is 4.67. The normalized spacial score (nSPS) is 11.0. The zero-order valence-electron chi connectivity index (χ0n) is 12.3. The summed E-state index contributed by atoms with van der Waals surface area (Å²) < 4.78 is 10.3. The highest BCUT2D eigenvalue weighted by molar-refractivity contribution is 5.81. The molecule has 0 aliphatic rings. The van der Waals surface area contributed by atoms with Gasteiger partial charge in [-0.05, 0) is 18.6 Å². The van der Waals surface area contributed by atoms with E-state index < -0.39 is 0 Å². The van der Waals surface area contributed by atoms with Crippen LogP contribution in [-0.2, 0) is 16.1 Å². The van der Waals surface area contributed by atoms with Crippen LogP contribution in [0.25, 0.3) is 10.9 Å². The van der Waals surface area contributed by atoms with Gasteiger partial charge in [0.25, 0.3) is 0 Å². The lowest BCUT2D eigenvalue weighted by Crippen LogP contribution is -2.10. The number of nitrogens with one attached hydrogen (secondary N) is 1. The average molecular weight is 290 g/mol. The van der Waals surface area contributed by atoms with Gasteiger partial charge in [0, 0.05) is 31.2 Å². The number of benzene rings is 1. The minimum absolute atomic E-state index is 0.0233. The van der Waals surface area contributed by atoms with Gasteiger partial charge in [0.1, 0.15) is 5.82 Å². The molecule has 2 N–H and O–H groups in total. The first-order chi connectivity index (χ1) is 10.3. The summed E-state index contributed by atoms with van der Waals surface area (Å²) >= 11 is 0. The van der Waals surface area contributed by atoms with Crippen LogP contribution in [-0.4, -0.2) is 43.6 Å². The van der Waals surface area contributed by atoms with E-state index in [4.69, 9.17) is 9.47 Å². The van der Waals surface area contributed by atoms with Gasteiger partial charge in [-0.25, -0.2) is 4.98 Å².